The molecule has 0 saturated carbocycles. The van der Waals surface area contributed by atoms with Crippen LogP contribution in [0, 0.1) is 0 Å². The van der Waals surface area contributed by atoms with E-state index in [1.807, 2.05) is 0 Å². The minimum Gasteiger partial charge on any atom is -0.504 e. The molecule has 2 N–H and O–H groups in total. The van der Waals surface area contributed by atoms with Crippen LogP contribution in [0.25, 0.3) is 0 Å². The summed E-state index contributed by atoms with van der Waals surface area (Å²) >= 11 is 0. The minimum absolute atomic E-state index is 0.0221. The highest BCUT2D eigenvalue weighted by Gasteiger charge is 2.43. The second kappa shape index (κ2) is 7.70. The Morgan fingerprint density at radius 1 is 1.03 bits per heavy atom. The first kappa shape index (κ1) is 20.0. The minimum atomic E-state index is -1.36. The number of ketones is 1. The summed E-state index contributed by atoms with van der Waals surface area (Å²) in [5.41, 5.74) is 0.302. The van der Waals surface area contributed by atoms with Gasteiger partial charge >= 0.3 is 11.9 Å². The fourth-order valence-corrected chi connectivity index (χ4v) is 3.02. The Morgan fingerprint density at radius 3 is 2.34 bits per heavy atom. The monoisotopic (exact) mass is 402 g/mol. The Labute approximate surface area is 165 Å². The van der Waals surface area contributed by atoms with Gasteiger partial charge in [-0.3, -0.25) is 14.4 Å². The van der Waals surface area contributed by atoms with Crippen molar-refractivity contribution in [2.24, 2.45) is 0 Å². The third-order valence-corrected chi connectivity index (χ3v) is 4.18. The molecule has 2 aromatic rings. The van der Waals surface area contributed by atoms with E-state index in [4.69, 9.17) is 18.9 Å². The van der Waals surface area contributed by atoms with Crippen LogP contribution in [0.4, 0.5) is 0 Å². The van der Waals surface area contributed by atoms with E-state index in [1.165, 1.54) is 44.4 Å². The van der Waals surface area contributed by atoms with E-state index in [-0.39, 0.29) is 34.1 Å². The van der Waals surface area contributed by atoms with Gasteiger partial charge in [0.2, 0.25) is 11.9 Å². The largest absolute Gasteiger partial charge is 0.504 e. The van der Waals surface area contributed by atoms with E-state index in [9.17, 15) is 24.6 Å². The predicted molar refractivity (Wildman–Crippen MR) is 97.3 cm³/mol. The number of esters is 2. The molecule has 0 amide bonds. The quantitative estimate of drug-likeness (QED) is 0.449. The number of rotatable bonds is 4. The molecule has 1 aliphatic heterocycles. The lowest BCUT2D eigenvalue weighted by atomic mass is 9.92. The van der Waals surface area contributed by atoms with E-state index in [1.54, 1.807) is 0 Å². The fraction of sp³-hybridized carbons (Fsp3) is 0.250. The lowest BCUT2D eigenvalue weighted by Gasteiger charge is -2.33. The summed E-state index contributed by atoms with van der Waals surface area (Å²) in [6.45, 7) is 2.37. The van der Waals surface area contributed by atoms with Crippen molar-refractivity contribution in [3.05, 3.63) is 41.5 Å². The highest BCUT2D eigenvalue weighted by molar-refractivity contribution is 6.06. The Bertz CT molecular complexity index is 996. The maximum absolute atomic E-state index is 13.1. The SMILES string of the molecule is COc1cc(OC(C)=O)cc2c1C(=O)C(OC(C)=O)C(c1ccc(O)c(O)c1)O2. The molecule has 152 valence electrons. The second-order valence-corrected chi connectivity index (χ2v) is 6.27. The highest BCUT2D eigenvalue weighted by atomic mass is 16.6. The molecule has 2 aromatic carbocycles. The number of fused-ring (bicyclic) bond motifs is 1. The third kappa shape index (κ3) is 3.93. The van der Waals surface area contributed by atoms with Gasteiger partial charge in [0.1, 0.15) is 22.8 Å². The van der Waals surface area contributed by atoms with Gasteiger partial charge in [0.15, 0.2) is 17.6 Å². The van der Waals surface area contributed by atoms with Gasteiger partial charge in [0, 0.05) is 31.5 Å². The molecular weight excluding hydrogens is 384 g/mol. The highest BCUT2D eigenvalue weighted by Crippen LogP contribution is 2.44. The molecular formula is C20H18O9. The number of carbonyl (C=O) groups excluding carboxylic acids is 3. The number of methoxy groups -OCH3 is 1. The number of carbonyl (C=O) groups is 3. The molecule has 0 bridgehead atoms. The molecule has 29 heavy (non-hydrogen) atoms. The van der Waals surface area contributed by atoms with Gasteiger partial charge in [-0.15, -0.1) is 0 Å². The van der Waals surface area contributed by atoms with Gasteiger partial charge in [0.25, 0.3) is 0 Å². The molecule has 1 aliphatic rings. The number of phenols is 2. The van der Waals surface area contributed by atoms with E-state index in [0.29, 0.717) is 0 Å². The number of aromatic hydroxyl groups is 2. The zero-order valence-corrected chi connectivity index (χ0v) is 15.8. The van der Waals surface area contributed by atoms with Crippen LogP contribution in [0.3, 0.4) is 0 Å². The van der Waals surface area contributed by atoms with Crippen LogP contribution >= 0.6 is 0 Å². The van der Waals surface area contributed by atoms with Crippen LogP contribution < -0.4 is 14.2 Å². The fourth-order valence-electron chi connectivity index (χ4n) is 3.02. The molecule has 0 aromatic heterocycles. The number of hydrogen-bond acceptors (Lipinski definition) is 9. The molecule has 9 heteroatoms. The number of ether oxygens (including phenoxy) is 4. The van der Waals surface area contributed by atoms with E-state index < -0.39 is 35.7 Å². The molecule has 0 fully saturated rings. The molecule has 0 radical (unpaired) electrons. The van der Waals surface area contributed by atoms with Crippen LogP contribution in [-0.4, -0.2) is 41.1 Å². The second-order valence-electron chi connectivity index (χ2n) is 6.27. The summed E-state index contributed by atoms with van der Waals surface area (Å²) in [5, 5.41) is 19.4. The zero-order valence-electron chi connectivity index (χ0n) is 15.8. The van der Waals surface area contributed by atoms with Crippen molar-refractivity contribution in [2.75, 3.05) is 7.11 Å². The molecule has 3 rings (SSSR count). The van der Waals surface area contributed by atoms with Crippen LogP contribution in [0.2, 0.25) is 0 Å². The van der Waals surface area contributed by atoms with Gasteiger partial charge in [-0.1, -0.05) is 6.07 Å². The summed E-state index contributed by atoms with van der Waals surface area (Å²) < 4.78 is 21.4. The molecule has 9 nitrogen and oxygen atoms in total. The summed E-state index contributed by atoms with van der Waals surface area (Å²) in [7, 11) is 1.32. The van der Waals surface area contributed by atoms with Gasteiger partial charge in [-0.2, -0.15) is 0 Å². The van der Waals surface area contributed by atoms with Crippen LogP contribution in [0.1, 0.15) is 35.9 Å². The summed E-state index contributed by atoms with van der Waals surface area (Å²) in [6.07, 6.45) is -2.49. The molecule has 2 unspecified atom stereocenters. The number of phenolic OH excluding ortho intramolecular Hbond substituents is 2. The van der Waals surface area contributed by atoms with Gasteiger partial charge < -0.3 is 29.2 Å². The molecule has 0 spiro atoms. The normalized spacial score (nSPS) is 17.7. The number of benzene rings is 2. The van der Waals surface area contributed by atoms with Crippen molar-refractivity contribution in [3.63, 3.8) is 0 Å². The van der Waals surface area contributed by atoms with Gasteiger partial charge in [-0.25, -0.2) is 0 Å². The zero-order chi connectivity index (χ0) is 21.3. The Kier molecular flexibility index (Phi) is 5.31. The predicted octanol–water partition coefficient (Wildman–Crippen LogP) is 2.28. The Balaban J connectivity index is 2.14. The summed E-state index contributed by atoms with van der Waals surface area (Å²) in [4.78, 5) is 36.0. The molecule has 0 aliphatic carbocycles. The van der Waals surface area contributed by atoms with Gasteiger partial charge in [0.05, 0.1) is 7.11 Å². The van der Waals surface area contributed by atoms with Crippen molar-refractivity contribution in [1.82, 2.24) is 0 Å². The number of Topliss-reactive ketones (excluding diaryl/α,β-unsaturated/α-hetero) is 1. The maximum Gasteiger partial charge on any atom is 0.308 e. The standard InChI is InChI=1S/C20H18O9/c1-9(21)27-12-7-15(26-3)17-16(8-12)29-19(20(18(17)25)28-10(2)22)11-4-5-13(23)14(24)6-11/h4-8,19-20,23-24H,1-3H3. The Hall–Kier alpha value is -3.75. The average Bonchev–Trinajstić information content (AvgIpc) is 2.64. The first-order valence-corrected chi connectivity index (χ1v) is 8.51. The van der Waals surface area contributed by atoms with Gasteiger partial charge in [-0.05, 0) is 12.1 Å². The lowest BCUT2D eigenvalue weighted by Crippen LogP contribution is -2.39. The van der Waals surface area contributed by atoms with Crippen molar-refractivity contribution >= 4 is 17.7 Å². The average molecular weight is 402 g/mol. The van der Waals surface area contributed by atoms with Crippen molar-refractivity contribution in [1.29, 1.82) is 0 Å². The lowest BCUT2D eigenvalue weighted by molar-refractivity contribution is -0.149. The number of hydrogen-bond donors (Lipinski definition) is 2. The third-order valence-electron chi connectivity index (χ3n) is 4.18. The van der Waals surface area contributed by atoms with Crippen molar-refractivity contribution < 1.29 is 43.5 Å². The van der Waals surface area contributed by atoms with Crippen LogP contribution in [-0.2, 0) is 14.3 Å². The summed E-state index contributed by atoms with van der Waals surface area (Å²) in [6, 6.07) is 6.52. The molecule has 0 saturated heterocycles. The smallest absolute Gasteiger partial charge is 0.308 e. The van der Waals surface area contributed by atoms with Crippen LogP contribution in [0.5, 0.6) is 28.7 Å². The summed E-state index contributed by atoms with van der Waals surface area (Å²) in [5.74, 6) is -2.45. The topological polar surface area (TPSA) is 129 Å². The van der Waals surface area contributed by atoms with E-state index in [0.717, 1.165) is 6.92 Å². The first-order chi connectivity index (χ1) is 13.7. The first-order valence-electron chi connectivity index (χ1n) is 8.51. The maximum atomic E-state index is 13.1. The molecule has 2 atom stereocenters. The Morgan fingerprint density at radius 2 is 1.76 bits per heavy atom. The van der Waals surface area contributed by atoms with Crippen molar-refractivity contribution in [3.8, 4) is 28.7 Å². The van der Waals surface area contributed by atoms with Crippen molar-refractivity contribution in [2.45, 2.75) is 26.1 Å². The van der Waals surface area contributed by atoms with E-state index >= 15 is 0 Å². The molecule has 1 heterocycles. The van der Waals surface area contributed by atoms with E-state index in [2.05, 4.69) is 0 Å². The van der Waals surface area contributed by atoms with Crippen LogP contribution in [0.15, 0.2) is 30.3 Å².